The number of likely N-dealkylation sites (N-methyl/N-ethyl adjacent to an activating group) is 1. The second kappa shape index (κ2) is 8.47. The summed E-state index contributed by atoms with van der Waals surface area (Å²) in [6, 6.07) is -0.178. The summed E-state index contributed by atoms with van der Waals surface area (Å²) >= 11 is 0. The lowest BCUT2D eigenvalue weighted by atomic mass is 10.0. The van der Waals surface area contributed by atoms with Gasteiger partial charge in [-0.25, -0.2) is 0 Å². The van der Waals surface area contributed by atoms with Gasteiger partial charge in [-0.1, -0.05) is 13.3 Å². The Kier molecular flexibility index (Phi) is 7.30. The molecule has 1 aliphatic heterocycles. The van der Waals surface area contributed by atoms with Gasteiger partial charge in [0.05, 0.1) is 31.8 Å². The first-order valence-corrected chi connectivity index (χ1v) is 6.82. The Bertz CT molecular complexity index is 274. The number of rotatable bonds is 9. The van der Waals surface area contributed by atoms with Gasteiger partial charge in [-0.3, -0.25) is 9.69 Å². The second-order valence-corrected chi connectivity index (χ2v) is 5.07. The molecule has 0 aromatic carbocycles. The number of carboxylic acids is 1. The highest BCUT2D eigenvalue weighted by Gasteiger charge is 2.36. The van der Waals surface area contributed by atoms with Crippen LogP contribution in [0.3, 0.4) is 0 Å². The van der Waals surface area contributed by atoms with E-state index in [2.05, 4.69) is 6.92 Å². The third-order valence-electron chi connectivity index (χ3n) is 3.39. The number of hydrogen-bond acceptors (Lipinski definition) is 5. The molecule has 0 bridgehead atoms. The minimum atomic E-state index is -0.844. The van der Waals surface area contributed by atoms with Crippen molar-refractivity contribution in [1.29, 1.82) is 0 Å². The standard InChI is InChI=1S/C13H25NO5/c1-3-4-5-18-7-10(15)6-14(2)12-9-19-8-11(12)13(16)17/h10-12,15H,3-9H2,1-2H3,(H,16,17). The summed E-state index contributed by atoms with van der Waals surface area (Å²) in [6.45, 7) is 4.06. The molecule has 1 heterocycles. The van der Waals surface area contributed by atoms with Crippen LogP contribution in [-0.2, 0) is 14.3 Å². The van der Waals surface area contributed by atoms with E-state index in [-0.39, 0.29) is 19.3 Å². The predicted octanol–water partition coefficient (Wildman–Crippen LogP) is 0.195. The fraction of sp³-hybridized carbons (Fsp3) is 0.923. The molecule has 0 aliphatic carbocycles. The van der Waals surface area contributed by atoms with E-state index in [1.54, 1.807) is 0 Å². The number of hydrogen-bond donors (Lipinski definition) is 2. The van der Waals surface area contributed by atoms with Gasteiger partial charge in [-0.2, -0.15) is 0 Å². The lowest BCUT2D eigenvalue weighted by Gasteiger charge is -2.28. The Morgan fingerprint density at radius 2 is 2.26 bits per heavy atom. The summed E-state index contributed by atoms with van der Waals surface area (Å²) in [5.41, 5.74) is 0. The molecule has 6 heteroatoms. The van der Waals surface area contributed by atoms with Crippen molar-refractivity contribution in [1.82, 2.24) is 4.90 Å². The maximum Gasteiger partial charge on any atom is 0.310 e. The van der Waals surface area contributed by atoms with Crippen molar-refractivity contribution in [3.63, 3.8) is 0 Å². The molecule has 3 unspecified atom stereocenters. The normalized spacial score (nSPS) is 24.8. The molecule has 0 saturated carbocycles. The minimum Gasteiger partial charge on any atom is -0.481 e. The second-order valence-electron chi connectivity index (χ2n) is 5.07. The smallest absolute Gasteiger partial charge is 0.310 e. The first kappa shape index (κ1) is 16.4. The monoisotopic (exact) mass is 275 g/mol. The SMILES string of the molecule is CCCCOCC(O)CN(C)C1COCC1C(=O)O. The zero-order valence-electron chi connectivity index (χ0n) is 11.7. The molecule has 1 fully saturated rings. The molecule has 0 radical (unpaired) electrons. The van der Waals surface area contributed by atoms with Crippen molar-refractivity contribution >= 4 is 5.97 Å². The third kappa shape index (κ3) is 5.44. The fourth-order valence-corrected chi connectivity index (χ4v) is 2.20. The molecule has 2 N–H and O–H groups in total. The fourth-order valence-electron chi connectivity index (χ4n) is 2.20. The van der Waals surface area contributed by atoms with Crippen LogP contribution >= 0.6 is 0 Å². The first-order chi connectivity index (χ1) is 9.06. The van der Waals surface area contributed by atoms with E-state index in [0.29, 0.717) is 19.8 Å². The Balaban J connectivity index is 2.29. The first-order valence-electron chi connectivity index (χ1n) is 6.82. The molecule has 1 rings (SSSR count). The zero-order chi connectivity index (χ0) is 14.3. The highest BCUT2D eigenvalue weighted by atomic mass is 16.5. The largest absolute Gasteiger partial charge is 0.481 e. The van der Waals surface area contributed by atoms with Crippen LogP contribution in [0.5, 0.6) is 0 Å². The molecule has 1 saturated heterocycles. The molecular weight excluding hydrogens is 250 g/mol. The van der Waals surface area contributed by atoms with Crippen LogP contribution in [0.1, 0.15) is 19.8 Å². The van der Waals surface area contributed by atoms with Crippen LogP contribution in [0.4, 0.5) is 0 Å². The van der Waals surface area contributed by atoms with Crippen molar-refractivity contribution in [2.75, 3.05) is 40.0 Å². The molecule has 3 atom stereocenters. The summed E-state index contributed by atoms with van der Waals surface area (Å²) in [4.78, 5) is 12.9. The number of ether oxygens (including phenoxy) is 2. The van der Waals surface area contributed by atoms with Crippen LogP contribution in [0.2, 0.25) is 0 Å². The average molecular weight is 275 g/mol. The van der Waals surface area contributed by atoms with Crippen LogP contribution in [0, 0.1) is 5.92 Å². The molecule has 0 aromatic heterocycles. The lowest BCUT2D eigenvalue weighted by Crippen LogP contribution is -2.45. The minimum absolute atomic E-state index is 0.178. The van der Waals surface area contributed by atoms with Crippen molar-refractivity contribution in [3.8, 4) is 0 Å². The molecule has 0 aromatic rings. The van der Waals surface area contributed by atoms with Gasteiger partial charge < -0.3 is 19.7 Å². The topological polar surface area (TPSA) is 79.2 Å². The summed E-state index contributed by atoms with van der Waals surface area (Å²) < 4.78 is 10.6. The van der Waals surface area contributed by atoms with Gasteiger partial charge >= 0.3 is 5.97 Å². The average Bonchev–Trinajstić information content (AvgIpc) is 2.84. The highest BCUT2D eigenvalue weighted by molar-refractivity contribution is 5.71. The van der Waals surface area contributed by atoms with E-state index in [1.165, 1.54) is 0 Å². The number of nitrogens with zero attached hydrogens (tertiary/aromatic N) is 1. The van der Waals surface area contributed by atoms with Crippen LogP contribution in [0.25, 0.3) is 0 Å². The molecular formula is C13H25NO5. The van der Waals surface area contributed by atoms with E-state index in [0.717, 1.165) is 12.8 Å². The van der Waals surface area contributed by atoms with E-state index in [9.17, 15) is 9.90 Å². The van der Waals surface area contributed by atoms with Gasteiger partial charge in [0, 0.05) is 19.2 Å². The van der Waals surface area contributed by atoms with Crippen molar-refractivity contribution in [2.24, 2.45) is 5.92 Å². The van der Waals surface area contributed by atoms with Gasteiger partial charge in [0.25, 0.3) is 0 Å². The maximum atomic E-state index is 11.1. The Hall–Kier alpha value is -0.690. The van der Waals surface area contributed by atoms with E-state index >= 15 is 0 Å². The number of unbranched alkanes of at least 4 members (excludes halogenated alkanes) is 1. The number of carboxylic acid groups (broad SMARTS) is 1. The Morgan fingerprint density at radius 3 is 2.89 bits per heavy atom. The quantitative estimate of drug-likeness (QED) is 0.585. The third-order valence-corrected chi connectivity index (χ3v) is 3.39. The molecule has 112 valence electrons. The Morgan fingerprint density at radius 1 is 1.53 bits per heavy atom. The van der Waals surface area contributed by atoms with Crippen LogP contribution in [-0.4, -0.2) is 73.2 Å². The van der Waals surface area contributed by atoms with Crippen molar-refractivity contribution in [2.45, 2.75) is 31.9 Å². The number of aliphatic hydroxyl groups excluding tert-OH is 1. The van der Waals surface area contributed by atoms with Gasteiger partial charge in [0.2, 0.25) is 0 Å². The maximum absolute atomic E-state index is 11.1. The number of aliphatic carboxylic acids is 1. The van der Waals surface area contributed by atoms with Gasteiger partial charge in [0.15, 0.2) is 0 Å². The number of carbonyl (C=O) groups is 1. The van der Waals surface area contributed by atoms with Crippen molar-refractivity contribution < 1.29 is 24.5 Å². The van der Waals surface area contributed by atoms with Gasteiger partial charge in [-0.15, -0.1) is 0 Å². The highest BCUT2D eigenvalue weighted by Crippen LogP contribution is 2.19. The molecule has 1 aliphatic rings. The summed E-state index contributed by atoms with van der Waals surface area (Å²) in [7, 11) is 1.81. The molecule has 19 heavy (non-hydrogen) atoms. The zero-order valence-corrected chi connectivity index (χ0v) is 11.7. The molecule has 0 spiro atoms. The predicted molar refractivity (Wildman–Crippen MR) is 70.1 cm³/mol. The van der Waals surface area contributed by atoms with Gasteiger partial charge in [0.1, 0.15) is 0 Å². The molecule has 0 amide bonds. The van der Waals surface area contributed by atoms with E-state index in [1.807, 2.05) is 11.9 Å². The van der Waals surface area contributed by atoms with E-state index < -0.39 is 18.0 Å². The van der Waals surface area contributed by atoms with Gasteiger partial charge in [-0.05, 0) is 13.5 Å². The summed E-state index contributed by atoms with van der Waals surface area (Å²) in [5, 5.41) is 18.9. The van der Waals surface area contributed by atoms with Crippen LogP contribution < -0.4 is 0 Å². The van der Waals surface area contributed by atoms with Crippen molar-refractivity contribution in [3.05, 3.63) is 0 Å². The summed E-state index contributed by atoms with van der Waals surface area (Å²) in [5.74, 6) is -1.36. The lowest BCUT2D eigenvalue weighted by molar-refractivity contribution is -0.143. The van der Waals surface area contributed by atoms with E-state index in [4.69, 9.17) is 14.6 Å². The Labute approximate surface area is 114 Å². The molecule has 6 nitrogen and oxygen atoms in total. The summed E-state index contributed by atoms with van der Waals surface area (Å²) in [6.07, 6.45) is 1.45. The number of aliphatic hydroxyl groups is 1. The van der Waals surface area contributed by atoms with Crippen LogP contribution in [0.15, 0.2) is 0 Å².